The Kier molecular flexibility index (Phi) is 4.16. The maximum atomic E-state index is 10.6. The summed E-state index contributed by atoms with van der Waals surface area (Å²) in [7, 11) is -3.36. The van der Waals surface area contributed by atoms with Crippen molar-refractivity contribution in [1.82, 2.24) is 0 Å². The molecule has 0 atom stereocenters. The first-order chi connectivity index (χ1) is 5.27. The second-order valence-electron chi connectivity index (χ2n) is 3.16. The third-order valence-corrected chi connectivity index (χ3v) is 1.70. The van der Waals surface area contributed by atoms with Crippen molar-refractivity contribution in [2.45, 2.75) is 26.4 Å². The third kappa shape index (κ3) is 6.57. The van der Waals surface area contributed by atoms with Gasteiger partial charge in [0.2, 0.25) is 0 Å². The van der Waals surface area contributed by atoms with E-state index in [0.29, 0.717) is 6.61 Å². The van der Waals surface area contributed by atoms with Crippen molar-refractivity contribution in [2.24, 2.45) is 0 Å². The lowest BCUT2D eigenvalue weighted by Crippen LogP contribution is -2.31. The van der Waals surface area contributed by atoms with Crippen LogP contribution in [0.1, 0.15) is 20.8 Å². The van der Waals surface area contributed by atoms with Gasteiger partial charge in [-0.2, -0.15) is 8.42 Å². The van der Waals surface area contributed by atoms with Crippen molar-refractivity contribution in [3.05, 3.63) is 0 Å². The average Bonchev–Trinajstić information content (AvgIpc) is 1.83. The van der Waals surface area contributed by atoms with Crippen molar-refractivity contribution >= 4 is 10.1 Å². The minimum Gasteiger partial charge on any atom is -0.373 e. The van der Waals surface area contributed by atoms with E-state index in [2.05, 4.69) is 4.18 Å². The maximum absolute atomic E-state index is 10.6. The molecule has 0 amide bonds. The minimum absolute atomic E-state index is 0.0552. The predicted molar refractivity (Wildman–Crippen MR) is 46.5 cm³/mol. The summed E-state index contributed by atoms with van der Waals surface area (Å²) < 4.78 is 31.0. The molecule has 0 spiro atoms. The standard InChI is InChI=1S/C7H16O4S/c1-5-10-7(2,3)6-11-12(4,8)9/h5-6H2,1-4H3. The molecular weight excluding hydrogens is 180 g/mol. The molecule has 74 valence electrons. The summed E-state index contributed by atoms with van der Waals surface area (Å²) in [5.74, 6) is 0. The van der Waals surface area contributed by atoms with Crippen LogP contribution in [0.2, 0.25) is 0 Å². The SMILES string of the molecule is CCOC(C)(C)COS(C)(=O)=O. The van der Waals surface area contributed by atoms with Crippen molar-refractivity contribution < 1.29 is 17.3 Å². The van der Waals surface area contributed by atoms with Crippen molar-refractivity contribution in [1.29, 1.82) is 0 Å². The van der Waals surface area contributed by atoms with Gasteiger partial charge in [-0.3, -0.25) is 4.18 Å². The fourth-order valence-electron chi connectivity index (χ4n) is 0.681. The fourth-order valence-corrected chi connectivity index (χ4v) is 1.18. The smallest absolute Gasteiger partial charge is 0.264 e. The molecule has 0 aliphatic heterocycles. The Hall–Kier alpha value is -0.130. The van der Waals surface area contributed by atoms with Crippen LogP contribution in [0.3, 0.4) is 0 Å². The zero-order chi connectivity index (χ0) is 9.83. The summed E-state index contributed by atoms with van der Waals surface area (Å²) in [6.45, 7) is 6.01. The average molecular weight is 196 g/mol. The van der Waals surface area contributed by atoms with E-state index in [4.69, 9.17) is 4.74 Å². The molecular formula is C7H16O4S. The predicted octanol–water partition coefficient (Wildman–Crippen LogP) is 0.778. The number of rotatable bonds is 5. The van der Waals surface area contributed by atoms with E-state index in [9.17, 15) is 8.42 Å². The Morgan fingerprint density at radius 3 is 2.17 bits per heavy atom. The molecule has 0 rings (SSSR count). The highest BCUT2D eigenvalue weighted by molar-refractivity contribution is 7.85. The van der Waals surface area contributed by atoms with E-state index in [0.717, 1.165) is 6.26 Å². The van der Waals surface area contributed by atoms with Gasteiger partial charge in [0.15, 0.2) is 0 Å². The van der Waals surface area contributed by atoms with E-state index in [1.165, 1.54) is 0 Å². The van der Waals surface area contributed by atoms with Gasteiger partial charge in [-0.25, -0.2) is 0 Å². The Bertz CT molecular complexity index is 218. The van der Waals surface area contributed by atoms with Crippen LogP contribution < -0.4 is 0 Å². The molecule has 0 aromatic carbocycles. The van der Waals surface area contributed by atoms with Crippen molar-refractivity contribution in [3.63, 3.8) is 0 Å². The second kappa shape index (κ2) is 4.20. The summed E-state index contributed by atoms with van der Waals surface area (Å²) in [6, 6.07) is 0. The van der Waals surface area contributed by atoms with Crippen LogP contribution in [0.4, 0.5) is 0 Å². The molecule has 12 heavy (non-hydrogen) atoms. The zero-order valence-electron chi connectivity index (χ0n) is 7.96. The van der Waals surface area contributed by atoms with Gasteiger partial charge >= 0.3 is 0 Å². The van der Waals surface area contributed by atoms with Gasteiger partial charge < -0.3 is 4.74 Å². The first kappa shape index (κ1) is 11.9. The van der Waals surface area contributed by atoms with Crippen LogP contribution in [0, 0.1) is 0 Å². The number of hydrogen-bond donors (Lipinski definition) is 0. The lowest BCUT2D eigenvalue weighted by molar-refractivity contribution is -0.0392. The van der Waals surface area contributed by atoms with E-state index in [1.54, 1.807) is 13.8 Å². The molecule has 0 fully saturated rings. The monoisotopic (exact) mass is 196 g/mol. The van der Waals surface area contributed by atoms with E-state index >= 15 is 0 Å². The van der Waals surface area contributed by atoms with Gasteiger partial charge in [0.25, 0.3) is 10.1 Å². The van der Waals surface area contributed by atoms with E-state index in [-0.39, 0.29) is 6.61 Å². The molecule has 0 saturated heterocycles. The molecule has 0 unspecified atom stereocenters. The van der Waals surface area contributed by atoms with Gasteiger partial charge in [-0.15, -0.1) is 0 Å². The summed E-state index contributed by atoms with van der Waals surface area (Å²) in [5.41, 5.74) is -0.544. The second-order valence-corrected chi connectivity index (χ2v) is 4.80. The summed E-state index contributed by atoms with van der Waals surface area (Å²) in [6.07, 6.45) is 1.02. The Labute approximate surface area is 74.0 Å². The van der Waals surface area contributed by atoms with Crippen LogP contribution in [0.25, 0.3) is 0 Å². The molecule has 0 saturated carbocycles. The van der Waals surface area contributed by atoms with Crippen LogP contribution in [-0.2, 0) is 19.0 Å². The molecule has 0 bridgehead atoms. The largest absolute Gasteiger partial charge is 0.373 e. The topological polar surface area (TPSA) is 52.6 Å². The van der Waals surface area contributed by atoms with E-state index in [1.807, 2.05) is 6.92 Å². The molecule has 0 aliphatic carbocycles. The van der Waals surface area contributed by atoms with E-state index < -0.39 is 15.7 Å². The summed E-state index contributed by atoms with van der Waals surface area (Å²) in [5, 5.41) is 0. The Morgan fingerprint density at radius 2 is 1.83 bits per heavy atom. The first-order valence-electron chi connectivity index (χ1n) is 3.75. The fraction of sp³-hybridized carbons (Fsp3) is 1.00. The van der Waals surface area contributed by atoms with Gasteiger partial charge in [0.1, 0.15) is 0 Å². The lowest BCUT2D eigenvalue weighted by atomic mass is 10.2. The van der Waals surface area contributed by atoms with Gasteiger partial charge in [-0.1, -0.05) is 0 Å². The molecule has 4 nitrogen and oxygen atoms in total. The number of ether oxygens (including phenoxy) is 1. The van der Waals surface area contributed by atoms with Crippen molar-refractivity contribution in [2.75, 3.05) is 19.5 Å². The van der Waals surface area contributed by atoms with Gasteiger partial charge in [0.05, 0.1) is 18.5 Å². The van der Waals surface area contributed by atoms with Gasteiger partial charge in [-0.05, 0) is 20.8 Å². The highest BCUT2D eigenvalue weighted by Gasteiger charge is 2.20. The summed E-state index contributed by atoms with van der Waals surface area (Å²) >= 11 is 0. The molecule has 5 heteroatoms. The Morgan fingerprint density at radius 1 is 1.33 bits per heavy atom. The maximum Gasteiger partial charge on any atom is 0.264 e. The normalized spacial score (nSPS) is 13.3. The molecule has 0 heterocycles. The molecule has 0 aliphatic rings. The van der Waals surface area contributed by atoms with Crippen LogP contribution in [-0.4, -0.2) is 33.5 Å². The van der Waals surface area contributed by atoms with Crippen molar-refractivity contribution in [3.8, 4) is 0 Å². The van der Waals surface area contributed by atoms with Crippen LogP contribution in [0.5, 0.6) is 0 Å². The van der Waals surface area contributed by atoms with Gasteiger partial charge in [0, 0.05) is 6.61 Å². The zero-order valence-corrected chi connectivity index (χ0v) is 8.77. The molecule has 0 N–H and O–H groups in total. The molecule has 0 aromatic heterocycles. The molecule has 0 aromatic rings. The highest BCUT2D eigenvalue weighted by atomic mass is 32.2. The Balaban J connectivity index is 3.92. The lowest BCUT2D eigenvalue weighted by Gasteiger charge is -2.23. The highest BCUT2D eigenvalue weighted by Crippen LogP contribution is 2.10. The van der Waals surface area contributed by atoms with Crippen LogP contribution >= 0.6 is 0 Å². The quantitative estimate of drug-likeness (QED) is 0.610. The third-order valence-electron chi connectivity index (χ3n) is 1.16. The first-order valence-corrected chi connectivity index (χ1v) is 5.57. The summed E-state index contributed by atoms with van der Waals surface area (Å²) in [4.78, 5) is 0. The number of hydrogen-bond acceptors (Lipinski definition) is 4. The van der Waals surface area contributed by atoms with Crippen LogP contribution in [0.15, 0.2) is 0 Å². The minimum atomic E-state index is -3.36. The molecule has 0 radical (unpaired) electrons.